The van der Waals surface area contributed by atoms with E-state index in [0.717, 1.165) is 30.8 Å². The molecule has 2 unspecified atom stereocenters. The number of para-hydroxylation sites is 1. The van der Waals surface area contributed by atoms with Crippen LogP contribution >= 0.6 is 0 Å². The SMILES string of the molecule is CCOc1ccccc1C(N)C(C)(CC)N1CCCC1. The van der Waals surface area contributed by atoms with E-state index < -0.39 is 0 Å². The molecule has 0 aliphatic carbocycles. The lowest BCUT2D eigenvalue weighted by Crippen LogP contribution is -2.51. The third-order valence-corrected chi connectivity index (χ3v) is 4.77. The maximum absolute atomic E-state index is 6.67. The molecule has 0 saturated carbocycles. The number of ether oxygens (including phenoxy) is 1. The fourth-order valence-electron chi connectivity index (χ4n) is 3.23. The van der Waals surface area contributed by atoms with Gasteiger partial charge in [-0.3, -0.25) is 4.90 Å². The van der Waals surface area contributed by atoms with Gasteiger partial charge in [-0.25, -0.2) is 0 Å². The zero-order valence-electron chi connectivity index (χ0n) is 13.1. The number of rotatable bonds is 6. The number of hydrogen-bond donors (Lipinski definition) is 1. The highest BCUT2D eigenvalue weighted by Gasteiger charge is 2.39. The fourth-order valence-corrected chi connectivity index (χ4v) is 3.23. The molecular weight excluding hydrogens is 248 g/mol. The molecule has 1 aliphatic rings. The highest BCUT2D eigenvalue weighted by atomic mass is 16.5. The molecule has 0 amide bonds. The van der Waals surface area contributed by atoms with E-state index in [1.165, 1.54) is 12.8 Å². The molecule has 1 fully saturated rings. The Balaban J connectivity index is 2.30. The fraction of sp³-hybridized carbons (Fsp3) is 0.647. The van der Waals surface area contributed by atoms with E-state index >= 15 is 0 Å². The van der Waals surface area contributed by atoms with Gasteiger partial charge in [0.05, 0.1) is 12.6 Å². The van der Waals surface area contributed by atoms with Crippen LogP contribution in [0.3, 0.4) is 0 Å². The summed E-state index contributed by atoms with van der Waals surface area (Å²) in [7, 11) is 0. The van der Waals surface area contributed by atoms with E-state index in [1.807, 2.05) is 19.1 Å². The van der Waals surface area contributed by atoms with Crippen LogP contribution in [0, 0.1) is 0 Å². The second-order valence-electron chi connectivity index (χ2n) is 5.85. The van der Waals surface area contributed by atoms with Gasteiger partial charge in [0.25, 0.3) is 0 Å². The van der Waals surface area contributed by atoms with Gasteiger partial charge in [-0.2, -0.15) is 0 Å². The molecule has 20 heavy (non-hydrogen) atoms. The van der Waals surface area contributed by atoms with Crippen LogP contribution in [0.5, 0.6) is 5.75 Å². The minimum Gasteiger partial charge on any atom is -0.494 e. The number of hydrogen-bond acceptors (Lipinski definition) is 3. The van der Waals surface area contributed by atoms with Crippen LogP contribution in [0.15, 0.2) is 24.3 Å². The Morgan fingerprint density at radius 2 is 1.90 bits per heavy atom. The van der Waals surface area contributed by atoms with Gasteiger partial charge in [0.1, 0.15) is 5.75 Å². The van der Waals surface area contributed by atoms with Gasteiger partial charge in [-0.15, -0.1) is 0 Å². The highest BCUT2D eigenvalue weighted by Crippen LogP contribution is 2.38. The van der Waals surface area contributed by atoms with Gasteiger partial charge in [0, 0.05) is 11.1 Å². The van der Waals surface area contributed by atoms with Crippen LogP contribution in [0.1, 0.15) is 51.6 Å². The van der Waals surface area contributed by atoms with Crippen molar-refractivity contribution in [3.05, 3.63) is 29.8 Å². The third kappa shape index (κ3) is 2.84. The van der Waals surface area contributed by atoms with Crippen molar-refractivity contribution in [2.24, 2.45) is 5.73 Å². The molecular formula is C17H28N2O. The largest absolute Gasteiger partial charge is 0.494 e. The molecule has 3 heteroatoms. The average Bonchev–Trinajstić information content (AvgIpc) is 3.01. The summed E-state index contributed by atoms with van der Waals surface area (Å²) in [5.74, 6) is 0.932. The third-order valence-electron chi connectivity index (χ3n) is 4.77. The van der Waals surface area contributed by atoms with Crippen LogP contribution in [0.25, 0.3) is 0 Å². The lowest BCUT2D eigenvalue weighted by Gasteiger charge is -2.43. The maximum atomic E-state index is 6.67. The number of likely N-dealkylation sites (tertiary alicyclic amines) is 1. The maximum Gasteiger partial charge on any atom is 0.124 e. The van der Waals surface area contributed by atoms with Gasteiger partial charge in [-0.1, -0.05) is 25.1 Å². The Bertz CT molecular complexity index is 429. The Morgan fingerprint density at radius 1 is 1.25 bits per heavy atom. The minimum atomic E-state index is -0.0200. The summed E-state index contributed by atoms with van der Waals surface area (Å²) >= 11 is 0. The van der Waals surface area contributed by atoms with E-state index in [2.05, 4.69) is 30.9 Å². The van der Waals surface area contributed by atoms with Crippen LogP contribution in [0.4, 0.5) is 0 Å². The summed E-state index contributed by atoms with van der Waals surface area (Å²) in [6, 6.07) is 8.18. The molecule has 1 aromatic rings. The van der Waals surface area contributed by atoms with Crippen LogP contribution in [-0.4, -0.2) is 30.1 Å². The monoisotopic (exact) mass is 276 g/mol. The van der Waals surface area contributed by atoms with Crippen molar-refractivity contribution in [3.8, 4) is 5.75 Å². The molecule has 1 aromatic carbocycles. The van der Waals surface area contributed by atoms with E-state index in [9.17, 15) is 0 Å². The zero-order chi connectivity index (χ0) is 14.6. The van der Waals surface area contributed by atoms with Gasteiger partial charge in [0.15, 0.2) is 0 Å². The van der Waals surface area contributed by atoms with Crippen LogP contribution < -0.4 is 10.5 Å². The lowest BCUT2D eigenvalue weighted by atomic mass is 9.83. The van der Waals surface area contributed by atoms with Gasteiger partial charge < -0.3 is 10.5 Å². The normalized spacial score (nSPS) is 20.6. The van der Waals surface area contributed by atoms with E-state index in [1.54, 1.807) is 0 Å². The molecule has 0 spiro atoms. The second kappa shape index (κ2) is 6.59. The summed E-state index contributed by atoms with van der Waals surface area (Å²) in [5, 5.41) is 0. The first-order valence-corrected chi connectivity index (χ1v) is 7.85. The average molecular weight is 276 g/mol. The van der Waals surface area contributed by atoms with E-state index in [0.29, 0.717) is 6.61 Å². The minimum absolute atomic E-state index is 0.00368. The predicted molar refractivity (Wildman–Crippen MR) is 84.0 cm³/mol. The van der Waals surface area contributed by atoms with Crippen molar-refractivity contribution < 1.29 is 4.74 Å². The molecule has 0 aromatic heterocycles. The first kappa shape index (κ1) is 15.3. The molecule has 112 valence electrons. The van der Waals surface area contributed by atoms with Crippen LogP contribution in [-0.2, 0) is 0 Å². The summed E-state index contributed by atoms with van der Waals surface area (Å²) in [6.45, 7) is 9.55. The standard InChI is InChI=1S/C17H28N2O/c1-4-17(3,19-12-8-9-13-19)16(18)14-10-6-7-11-15(14)20-5-2/h6-7,10-11,16H,4-5,8-9,12-13,18H2,1-3H3. The summed E-state index contributed by atoms with van der Waals surface area (Å²) < 4.78 is 5.76. The smallest absolute Gasteiger partial charge is 0.124 e. The first-order chi connectivity index (χ1) is 9.63. The van der Waals surface area contributed by atoms with E-state index in [-0.39, 0.29) is 11.6 Å². The number of nitrogens with two attached hydrogens (primary N) is 1. The Kier molecular flexibility index (Phi) is 5.06. The topological polar surface area (TPSA) is 38.5 Å². The molecule has 1 heterocycles. The van der Waals surface area contributed by atoms with E-state index in [4.69, 9.17) is 10.5 Å². The molecule has 3 nitrogen and oxygen atoms in total. The van der Waals surface area contributed by atoms with Crippen molar-refractivity contribution in [2.75, 3.05) is 19.7 Å². The van der Waals surface area contributed by atoms with Gasteiger partial charge in [0.2, 0.25) is 0 Å². The van der Waals surface area contributed by atoms with Gasteiger partial charge >= 0.3 is 0 Å². The molecule has 0 bridgehead atoms. The molecule has 2 rings (SSSR count). The van der Waals surface area contributed by atoms with Crippen molar-refractivity contribution in [1.82, 2.24) is 4.90 Å². The molecule has 2 N–H and O–H groups in total. The molecule has 0 radical (unpaired) electrons. The Hall–Kier alpha value is -1.06. The zero-order valence-corrected chi connectivity index (χ0v) is 13.1. The summed E-state index contributed by atoms with van der Waals surface area (Å²) in [6.07, 6.45) is 3.62. The quantitative estimate of drug-likeness (QED) is 0.866. The summed E-state index contributed by atoms with van der Waals surface area (Å²) in [5.41, 5.74) is 7.81. The van der Waals surface area contributed by atoms with Crippen molar-refractivity contribution >= 4 is 0 Å². The lowest BCUT2D eigenvalue weighted by molar-refractivity contribution is 0.0986. The highest BCUT2D eigenvalue weighted by molar-refractivity contribution is 5.37. The van der Waals surface area contributed by atoms with Crippen molar-refractivity contribution in [1.29, 1.82) is 0 Å². The number of benzene rings is 1. The molecule has 1 saturated heterocycles. The molecule has 2 atom stereocenters. The molecule has 1 aliphatic heterocycles. The summed E-state index contributed by atoms with van der Waals surface area (Å²) in [4.78, 5) is 2.56. The number of nitrogens with zero attached hydrogens (tertiary/aromatic N) is 1. The van der Waals surface area contributed by atoms with Crippen LogP contribution in [0.2, 0.25) is 0 Å². The Morgan fingerprint density at radius 3 is 2.50 bits per heavy atom. The van der Waals surface area contributed by atoms with Crippen molar-refractivity contribution in [3.63, 3.8) is 0 Å². The predicted octanol–water partition coefficient (Wildman–Crippen LogP) is 3.35. The second-order valence-corrected chi connectivity index (χ2v) is 5.85. The van der Waals surface area contributed by atoms with Gasteiger partial charge in [-0.05, 0) is 52.3 Å². The van der Waals surface area contributed by atoms with Crippen molar-refractivity contribution in [2.45, 2.75) is 51.6 Å². The Labute approximate surface area is 123 Å². The first-order valence-electron chi connectivity index (χ1n) is 7.85.